The molecule has 1 aliphatic rings. The molecule has 0 unspecified atom stereocenters. The lowest BCUT2D eigenvalue weighted by atomic mass is 10.1. The molecule has 7 heteroatoms. The topological polar surface area (TPSA) is 90.0 Å². The molecule has 1 saturated heterocycles. The number of carbonyl (C=O) groups excluding carboxylic acids is 3. The molecule has 132 valence electrons. The van der Waals surface area contributed by atoms with E-state index in [4.69, 9.17) is 0 Å². The number of urea groups is 1. The Bertz CT molecular complexity index is 917. The van der Waals surface area contributed by atoms with E-state index in [0.717, 1.165) is 10.6 Å². The molecular weight excluding hydrogens is 334 g/mol. The average molecular weight is 351 g/mol. The number of barbiturate groups is 1. The predicted octanol–water partition coefficient (Wildman–Crippen LogP) is 2.12. The third kappa shape index (κ3) is 3.14. The number of rotatable bonds is 3. The van der Waals surface area contributed by atoms with Crippen molar-refractivity contribution in [2.75, 3.05) is 23.9 Å². The highest BCUT2D eigenvalue weighted by atomic mass is 16.3. The standard InChI is InChI=1S/C19H17N3O4/c1-21(2)13-9-7-12(8-10-13)11-14-17(24)20-19(26)22(18(14)25)15-5-3-4-6-16(15)23/h3-11,23H,1-2H3,(H,20,24,26)/b14-11-. The second-order valence-electron chi connectivity index (χ2n) is 5.93. The van der Waals surface area contributed by atoms with E-state index in [9.17, 15) is 19.5 Å². The van der Waals surface area contributed by atoms with Crippen LogP contribution in [0.25, 0.3) is 6.08 Å². The van der Waals surface area contributed by atoms with Crippen LogP contribution in [0.1, 0.15) is 5.56 Å². The van der Waals surface area contributed by atoms with Crippen molar-refractivity contribution in [1.29, 1.82) is 0 Å². The molecule has 0 aliphatic carbocycles. The van der Waals surface area contributed by atoms with Gasteiger partial charge in [-0.1, -0.05) is 24.3 Å². The Balaban J connectivity index is 1.99. The minimum atomic E-state index is -0.901. The number of aromatic hydroxyl groups is 1. The SMILES string of the molecule is CN(C)c1ccc(/C=C2/C(=O)NC(=O)N(c3ccccc3O)C2=O)cc1. The average Bonchev–Trinajstić information content (AvgIpc) is 2.60. The molecule has 3 rings (SSSR count). The van der Waals surface area contributed by atoms with Crippen LogP contribution in [-0.2, 0) is 9.59 Å². The van der Waals surface area contributed by atoms with Crippen LogP contribution in [0.5, 0.6) is 5.75 Å². The van der Waals surface area contributed by atoms with Gasteiger partial charge in [-0.05, 0) is 35.9 Å². The maximum Gasteiger partial charge on any atom is 0.336 e. The number of benzene rings is 2. The van der Waals surface area contributed by atoms with E-state index in [1.54, 1.807) is 24.3 Å². The first kappa shape index (κ1) is 17.2. The summed E-state index contributed by atoms with van der Waals surface area (Å²) in [6.07, 6.45) is 1.41. The second kappa shape index (κ2) is 6.72. The Morgan fingerprint density at radius 1 is 1.00 bits per heavy atom. The van der Waals surface area contributed by atoms with Crippen LogP contribution >= 0.6 is 0 Å². The molecule has 26 heavy (non-hydrogen) atoms. The van der Waals surface area contributed by atoms with Gasteiger partial charge in [0.1, 0.15) is 11.3 Å². The molecule has 0 radical (unpaired) electrons. The molecular formula is C19H17N3O4. The van der Waals surface area contributed by atoms with Gasteiger partial charge in [0, 0.05) is 19.8 Å². The minimum absolute atomic E-state index is 0.0105. The molecule has 1 fully saturated rings. The Labute approximate surface area is 150 Å². The third-order valence-corrected chi connectivity index (χ3v) is 3.94. The van der Waals surface area contributed by atoms with Crippen LogP contribution in [-0.4, -0.2) is 37.0 Å². The van der Waals surface area contributed by atoms with Crippen molar-refractivity contribution in [2.24, 2.45) is 0 Å². The molecule has 2 aromatic rings. The molecule has 0 bridgehead atoms. The van der Waals surface area contributed by atoms with Crippen molar-refractivity contribution in [3.8, 4) is 5.75 Å². The van der Waals surface area contributed by atoms with Crippen molar-refractivity contribution in [3.05, 3.63) is 59.7 Å². The highest BCUT2D eigenvalue weighted by Crippen LogP contribution is 2.29. The fourth-order valence-electron chi connectivity index (χ4n) is 2.56. The lowest BCUT2D eigenvalue weighted by Crippen LogP contribution is -2.54. The molecule has 0 aromatic heterocycles. The molecule has 1 aliphatic heterocycles. The summed E-state index contributed by atoms with van der Waals surface area (Å²) in [6.45, 7) is 0. The molecule has 0 saturated carbocycles. The van der Waals surface area contributed by atoms with Gasteiger partial charge in [0.05, 0.1) is 5.69 Å². The van der Waals surface area contributed by atoms with E-state index < -0.39 is 17.8 Å². The quantitative estimate of drug-likeness (QED) is 0.653. The number of hydrogen-bond donors (Lipinski definition) is 2. The van der Waals surface area contributed by atoms with Crippen molar-refractivity contribution in [1.82, 2.24) is 5.32 Å². The van der Waals surface area contributed by atoms with Gasteiger partial charge in [0.25, 0.3) is 11.8 Å². The number of nitrogens with one attached hydrogen (secondary N) is 1. The summed E-state index contributed by atoms with van der Waals surface area (Å²) in [4.78, 5) is 39.7. The summed E-state index contributed by atoms with van der Waals surface area (Å²) in [7, 11) is 3.81. The van der Waals surface area contributed by atoms with Crippen molar-refractivity contribution in [2.45, 2.75) is 0 Å². The summed E-state index contributed by atoms with van der Waals surface area (Å²) in [6, 6.07) is 12.3. The first-order valence-corrected chi connectivity index (χ1v) is 7.85. The van der Waals surface area contributed by atoms with E-state index in [1.165, 1.54) is 18.2 Å². The number of imide groups is 2. The summed E-state index contributed by atoms with van der Waals surface area (Å²) in [5.41, 5.74) is 1.43. The van der Waals surface area contributed by atoms with E-state index in [1.807, 2.05) is 31.1 Å². The van der Waals surface area contributed by atoms with Crippen LogP contribution in [0.2, 0.25) is 0 Å². The zero-order valence-electron chi connectivity index (χ0n) is 14.3. The monoisotopic (exact) mass is 351 g/mol. The maximum absolute atomic E-state index is 12.7. The van der Waals surface area contributed by atoms with Crippen molar-refractivity contribution >= 4 is 35.3 Å². The van der Waals surface area contributed by atoms with Gasteiger partial charge in [-0.15, -0.1) is 0 Å². The largest absolute Gasteiger partial charge is 0.506 e. The summed E-state index contributed by atoms with van der Waals surface area (Å²) >= 11 is 0. The Morgan fingerprint density at radius 3 is 2.27 bits per heavy atom. The first-order chi connectivity index (χ1) is 12.4. The minimum Gasteiger partial charge on any atom is -0.506 e. The zero-order valence-corrected chi connectivity index (χ0v) is 14.3. The smallest absolute Gasteiger partial charge is 0.336 e. The highest BCUT2D eigenvalue weighted by molar-refractivity contribution is 6.39. The summed E-state index contributed by atoms with van der Waals surface area (Å²) in [5, 5.41) is 12.1. The fourth-order valence-corrected chi connectivity index (χ4v) is 2.56. The third-order valence-electron chi connectivity index (χ3n) is 3.94. The number of carbonyl (C=O) groups is 3. The molecule has 2 aromatic carbocycles. The van der Waals surface area contributed by atoms with Crippen LogP contribution in [0.15, 0.2) is 54.1 Å². The lowest BCUT2D eigenvalue weighted by Gasteiger charge is -2.26. The van der Waals surface area contributed by atoms with Crippen LogP contribution in [0.3, 0.4) is 0 Å². The fraction of sp³-hybridized carbons (Fsp3) is 0.105. The van der Waals surface area contributed by atoms with Gasteiger partial charge in [-0.25, -0.2) is 9.69 Å². The van der Waals surface area contributed by atoms with Gasteiger partial charge in [0.15, 0.2) is 0 Å². The number of nitrogens with zero attached hydrogens (tertiary/aromatic N) is 2. The van der Waals surface area contributed by atoms with E-state index in [2.05, 4.69) is 5.32 Å². The molecule has 4 amide bonds. The van der Waals surface area contributed by atoms with Gasteiger partial charge in [0.2, 0.25) is 0 Å². The van der Waals surface area contributed by atoms with Gasteiger partial charge in [-0.2, -0.15) is 0 Å². The van der Waals surface area contributed by atoms with E-state index in [0.29, 0.717) is 5.56 Å². The molecule has 0 spiro atoms. The zero-order chi connectivity index (χ0) is 18.8. The van der Waals surface area contributed by atoms with Crippen molar-refractivity contribution < 1.29 is 19.5 Å². The van der Waals surface area contributed by atoms with E-state index in [-0.39, 0.29) is 17.0 Å². The Kier molecular flexibility index (Phi) is 4.45. The molecule has 1 heterocycles. The van der Waals surface area contributed by atoms with Crippen LogP contribution in [0.4, 0.5) is 16.2 Å². The Morgan fingerprint density at radius 2 is 1.65 bits per heavy atom. The predicted molar refractivity (Wildman–Crippen MR) is 97.9 cm³/mol. The number of para-hydroxylation sites is 2. The van der Waals surface area contributed by atoms with Gasteiger partial charge < -0.3 is 10.0 Å². The normalized spacial score (nSPS) is 16.0. The number of phenolic OH excluding ortho intramolecular Hbond substituents is 1. The first-order valence-electron chi connectivity index (χ1n) is 7.85. The van der Waals surface area contributed by atoms with Gasteiger partial charge >= 0.3 is 6.03 Å². The number of anilines is 2. The van der Waals surface area contributed by atoms with Crippen molar-refractivity contribution in [3.63, 3.8) is 0 Å². The molecule has 7 nitrogen and oxygen atoms in total. The van der Waals surface area contributed by atoms with Crippen LogP contribution in [0, 0.1) is 0 Å². The second-order valence-corrected chi connectivity index (χ2v) is 5.93. The Hall–Kier alpha value is -3.61. The molecule has 2 N–H and O–H groups in total. The van der Waals surface area contributed by atoms with Crippen LogP contribution < -0.4 is 15.1 Å². The van der Waals surface area contributed by atoms with E-state index >= 15 is 0 Å². The summed E-state index contributed by atoms with van der Waals surface area (Å²) in [5.74, 6) is -1.81. The lowest BCUT2D eigenvalue weighted by molar-refractivity contribution is -0.122. The van der Waals surface area contributed by atoms with Gasteiger partial charge in [-0.3, -0.25) is 14.9 Å². The number of phenols is 1. The molecule has 0 atom stereocenters. The maximum atomic E-state index is 12.7. The highest BCUT2D eigenvalue weighted by Gasteiger charge is 2.37. The number of amides is 4. The number of hydrogen-bond acceptors (Lipinski definition) is 5. The summed E-state index contributed by atoms with van der Waals surface area (Å²) < 4.78 is 0.